The van der Waals surface area contributed by atoms with Crippen LogP contribution >= 0.6 is 34.3 Å². The van der Waals surface area contributed by atoms with E-state index in [1.54, 1.807) is 11.4 Å². The minimum Gasteiger partial charge on any atom is -0.481 e. The van der Waals surface area contributed by atoms with Crippen molar-refractivity contribution in [2.75, 3.05) is 6.54 Å². The molecule has 0 unspecified atom stereocenters. The Balaban J connectivity index is 1.83. The third kappa shape index (κ3) is 4.80. The maximum absolute atomic E-state index is 11.9. The summed E-state index contributed by atoms with van der Waals surface area (Å²) in [5.41, 5.74) is 0.373. The lowest BCUT2D eigenvalue weighted by molar-refractivity contribution is -0.137. The van der Waals surface area contributed by atoms with Crippen molar-refractivity contribution in [3.63, 3.8) is 0 Å². The average Bonchev–Trinajstić information content (AvgIpc) is 3.06. The van der Waals surface area contributed by atoms with E-state index in [1.807, 2.05) is 6.07 Å². The van der Waals surface area contributed by atoms with Crippen LogP contribution in [0.3, 0.4) is 0 Å². The Kier molecular flexibility index (Phi) is 5.72. The second-order valence-electron chi connectivity index (χ2n) is 4.25. The number of carbonyl (C=O) groups is 2. The number of nitrogens with zero attached hydrogens (tertiary/aromatic N) is 1. The SMILES string of the molecule is O=C(O)CCCCNC(=O)c1csc(-c2ccc(Cl)s2)n1. The first-order valence-electron chi connectivity index (χ1n) is 6.27. The summed E-state index contributed by atoms with van der Waals surface area (Å²) in [7, 11) is 0. The maximum Gasteiger partial charge on any atom is 0.303 e. The fourth-order valence-electron chi connectivity index (χ4n) is 1.61. The van der Waals surface area contributed by atoms with Crippen molar-refractivity contribution in [3.05, 3.63) is 27.5 Å². The van der Waals surface area contributed by atoms with Crippen LogP contribution in [0.2, 0.25) is 4.34 Å². The first-order valence-corrected chi connectivity index (χ1v) is 8.35. The summed E-state index contributed by atoms with van der Waals surface area (Å²) in [5.74, 6) is -1.06. The highest BCUT2D eigenvalue weighted by Crippen LogP contribution is 2.32. The van der Waals surface area contributed by atoms with Crippen LogP contribution in [0.15, 0.2) is 17.5 Å². The molecule has 0 bridgehead atoms. The fraction of sp³-hybridized carbons (Fsp3) is 0.308. The second-order valence-corrected chi connectivity index (χ2v) is 6.82. The van der Waals surface area contributed by atoms with Gasteiger partial charge >= 0.3 is 5.97 Å². The van der Waals surface area contributed by atoms with Gasteiger partial charge in [-0.25, -0.2) is 4.98 Å². The van der Waals surface area contributed by atoms with Crippen LogP contribution in [0, 0.1) is 0 Å². The van der Waals surface area contributed by atoms with Gasteiger partial charge in [-0.05, 0) is 25.0 Å². The number of unbranched alkanes of at least 4 members (excludes halogenated alkanes) is 1. The highest BCUT2D eigenvalue weighted by Gasteiger charge is 2.12. The molecule has 1 amide bonds. The summed E-state index contributed by atoms with van der Waals surface area (Å²) in [5, 5.41) is 13.7. The highest BCUT2D eigenvalue weighted by molar-refractivity contribution is 7.23. The first kappa shape index (κ1) is 15.9. The molecule has 112 valence electrons. The number of hydrogen-bond acceptors (Lipinski definition) is 5. The number of thiophene rings is 1. The zero-order valence-corrected chi connectivity index (χ0v) is 13.4. The van der Waals surface area contributed by atoms with E-state index < -0.39 is 5.97 Å². The van der Waals surface area contributed by atoms with Crippen LogP contribution in [0.1, 0.15) is 29.8 Å². The molecule has 5 nitrogen and oxygen atoms in total. The number of carboxylic acid groups (broad SMARTS) is 1. The van der Waals surface area contributed by atoms with E-state index in [4.69, 9.17) is 16.7 Å². The molecule has 0 saturated carbocycles. The average molecular weight is 345 g/mol. The van der Waals surface area contributed by atoms with E-state index in [0.29, 0.717) is 29.4 Å². The Bertz CT molecular complexity index is 639. The van der Waals surface area contributed by atoms with Crippen LogP contribution in [0.5, 0.6) is 0 Å². The lowest BCUT2D eigenvalue weighted by Crippen LogP contribution is -2.24. The molecule has 2 N–H and O–H groups in total. The molecule has 8 heteroatoms. The lowest BCUT2D eigenvalue weighted by Gasteiger charge is -2.01. The van der Waals surface area contributed by atoms with Crippen LogP contribution < -0.4 is 5.32 Å². The number of hydrogen-bond donors (Lipinski definition) is 2. The largest absolute Gasteiger partial charge is 0.481 e. The van der Waals surface area contributed by atoms with E-state index in [0.717, 1.165) is 9.88 Å². The number of nitrogens with one attached hydrogen (secondary N) is 1. The predicted molar refractivity (Wildman–Crippen MR) is 84.3 cm³/mol. The molecule has 0 aliphatic heterocycles. The number of carbonyl (C=O) groups excluding carboxylic acids is 1. The molecule has 0 radical (unpaired) electrons. The molecule has 2 heterocycles. The van der Waals surface area contributed by atoms with Gasteiger partial charge in [-0.3, -0.25) is 9.59 Å². The monoisotopic (exact) mass is 344 g/mol. The van der Waals surface area contributed by atoms with E-state index in [-0.39, 0.29) is 12.3 Å². The molecule has 0 aliphatic carbocycles. The van der Waals surface area contributed by atoms with E-state index in [2.05, 4.69) is 10.3 Å². The summed E-state index contributed by atoms with van der Waals surface area (Å²) in [6, 6.07) is 3.67. The Hall–Kier alpha value is -1.44. The van der Waals surface area contributed by atoms with Gasteiger partial charge in [0.2, 0.25) is 0 Å². The summed E-state index contributed by atoms with van der Waals surface area (Å²) in [6.45, 7) is 0.448. The van der Waals surface area contributed by atoms with Crippen LogP contribution in [0.25, 0.3) is 9.88 Å². The van der Waals surface area contributed by atoms with E-state index in [1.165, 1.54) is 22.7 Å². The number of carboxylic acids is 1. The Morgan fingerprint density at radius 3 is 2.81 bits per heavy atom. The molecular formula is C13H13ClN2O3S2. The lowest BCUT2D eigenvalue weighted by atomic mass is 10.2. The topological polar surface area (TPSA) is 79.3 Å². The third-order valence-electron chi connectivity index (χ3n) is 2.62. The number of amides is 1. The van der Waals surface area contributed by atoms with Gasteiger partial charge in [-0.1, -0.05) is 11.6 Å². The minimum absolute atomic E-state index is 0.121. The molecular weight excluding hydrogens is 332 g/mol. The molecule has 0 saturated heterocycles. The molecule has 0 aromatic carbocycles. The normalized spacial score (nSPS) is 10.5. The Morgan fingerprint density at radius 2 is 2.14 bits per heavy atom. The van der Waals surface area contributed by atoms with Crippen LogP contribution in [-0.4, -0.2) is 28.5 Å². The molecule has 0 atom stereocenters. The van der Waals surface area contributed by atoms with Gasteiger partial charge < -0.3 is 10.4 Å². The quantitative estimate of drug-likeness (QED) is 0.753. The highest BCUT2D eigenvalue weighted by atomic mass is 35.5. The summed E-state index contributed by atoms with van der Waals surface area (Å²) in [6.07, 6.45) is 1.30. The smallest absolute Gasteiger partial charge is 0.303 e. The number of thiazole rings is 1. The maximum atomic E-state index is 11.9. The van der Waals surface area contributed by atoms with Crippen molar-refractivity contribution < 1.29 is 14.7 Å². The number of rotatable bonds is 7. The van der Waals surface area contributed by atoms with Gasteiger partial charge in [0.25, 0.3) is 5.91 Å². The molecule has 21 heavy (non-hydrogen) atoms. The zero-order valence-electron chi connectivity index (χ0n) is 11.0. The number of aromatic nitrogens is 1. The van der Waals surface area contributed by atoms with Gasteiger partial charge in [0.15, 0.2) is 0 Å². The molecule has 2 aromatic rings. The third-order valence-corrected chi connectivity index (χ3v) is 4.87. The molecule has 0 fully saturated rings. The Morgan fingerprint density at radius 1 is 1.33 bits per heavy atom. The molecule has 0 spiro atoms. The van der Waals surface area contributed by atoms with Crippen molar-refractivity contribution in [2.24, 2.45) is 0 Å². The van der Waals surface area contributed by atoms with Crippen molar-refractivity contribution in [1.29, 1.82) is 0 Å². The fourth-order valence-corrected chi connectivity index (χ4v) is 3.53. The summed E-state index contributed by atoms with van der Waals surface area (Å²) < 4.78 is 0.685. The minimum atomic E-state index is -0.819. The molecule has 2 rings (SSSR count). The van der Waals surface area contributed by atoms with Crippen molar-refractivity contribution in [3.8, 4) is 9.88 Å². The second kappa shape index (κ2) is 7.53. The molecule has 0 aliphatic rings. The van der Waals surface area contributed by atoms with E-state index >= 15 is 0 Å². The predicted octanol–water partition coefficient (Wildman–Crippen LogP) is 3.51. The van der Waals surface area contributed by atoms with Gasteiger partial charge in [-0.15, -0.1) is 22.7 Å². The standard InChI is InChI=1S/C13H13ClN2O3S2/c14-10-5-4-9(21-10)13-16-8(7-20-13)12(19)15-6-2-1-3-11(17)18/h4-5,7H,1-3,6H2,(H,15,19)(H,17,18). The zero-order chi connectivity index (χ0) is 15.2. The van der Waals surface area contributed by atoms with Gasteiger partial charge in [0.05, 0.1) is 9.21 Å². The van der Waals surface area contributed by atoms with Crippen LogP contribution in [0.4, 0.5) is 0 Å². The van der Waals surface area contributed by atoms with Gasteiger partial charge in [0, 0.05) is 18.3 Å². The number of halogens is 1. The molecule has 2 aromatic heterocycles. The first-order chi connectivity index (χ1) is 10.1. The van der Waals surface area contributed by atoms with Crippen molar-refractivity contribution >= 4 is 46.2 Å². The van der Waals surface area contributed by atoms with Gasteiger partial charge in [-0.2, -0.15) is 0 Å². The van der Waals surface area contributed by atoms with Crippen molar-refractivity contribution in [2.45, 2.75) is 19.3 Å². The van der Waals surface area contributed by atoms with Crippen molar-refractivity contribution in [1.82, 2.24) is 10.3 Å². The van der Waals surface area contributed by atoms with Gasteiger partial charge in [0.1, 0.15) is 10.7 Å². The van der Waals surface area contributed by atoms with Crippen LogP contribution in [-0.2, 0) is 4.79 Å². The summed E-state index contributed by atoms with van der Waals surface area (Å²) in [4.78, 5) is 27.5. The van der Waals surface area contributed by atoms with E-state index in [9.17, 15) is 9.59 Å². The number of aliphatic carboxylic acids is 1. The summed E-state index contributed by atoms with van der Waals surface area (Å²) >= 11 is 8.69. The Labute approximate surface area is 134 Å².